The number of benzene rings is 1. The number of rotatable bonds is 4. The highest BCUT2D eigenvalue weighted by atomic mass is 127. The van der Waals surface area contributed by atoms with Gasteiger partial charge in [-0.05, 0) is 71.5 Å². The highest BCUT2D eigenvalue weighted by Crippen LogP contribution is 2.47. The van der Waals surface area contributed by atoms with Crippen molar-refractivity contribution in [3.63, 3.8) is 0 Å². The van der Waals surface area contributed by atoms with E-state index in [1.807, 2.05) is 24.3 Å². The Morgan fingerprint density at radius 3 is 2.50 bits per heavy atom. The summed E-state index contributed by atoms with van der Waals surface area (Å²) in [4.78, 5) is 11.8. The number of amides is 1. The van der Waals surface area contributed by atoms with Crippen molar-refractivity contribution in [3.8, 4) is 0 Å². The zero-order chi connectivity index (χ0) is 11.6. The molecule has 1 N–H and O–H groups in total. The molecule has 1 aliphatic carbocycles. The molecule has 16 heavy (non-hydrogen) atoms. The standard InChI is InChI=1S/C13H16INO/c1-2-13(7-8-13)9-15-12(16)10-3-5-11(14)6-4-10/h3-6H,2,7-9H2,1H3,(H,15,16). The summed E-state index contributed by atoms with van der Waals surface area (Å²) < 4.78 is 1.15. The zero-order valence-corrected chi connectivity index (χ0v) is 11.6. The molecule has 1 fully saturated rings. The van der Waals surface area contributed by atoms with E-state index in [2.05, 4.69) is 34.8 Å². The largest absolute Gasteiger partial charge is 0.351 e. The summed E-state index contributed by atoms with van der Waals surface area (Å²) in [6, 6.07) is 7.68. The van der Waals surface area contributed by atoms with Gasteiger partial charge in [0, 0.05) is 15.7 Å². The van der Waals surface area contributed by atoms with E-state index in [1.54, 1.807) is 0 Å². The first kappa shape index (κ1) is 11.9. The van der Waals surface area contributed by atoms with Gasteiger partial charge in [-0.1, -0.05) is 6.92 Å². The Kier molecular flexibility index (Phi) is 3.52. The molecule has 0 bridgehead atoms. The van der Waals surface area contributed by atoms with Gasteiger partial charge in [0.1, 0.15) is 0 Å². The van der Waals surface area contributed by atoms with Crippen molar-refractivity contribution >= 4 is 28.5 Å². The molecule has 1 aromatic carbocycles. The zero-order valence-electron chi connectivity index (χ0n) is 9.42. The molecule has 1 saturated carbocycles. The lowest BCUT2D eigenvalue weighted by Gasteiger charge is -2.13. The number of hydrogen-bond acceptors (Lipinski definition) is 1. The Bertz CT molecular complexity index is 381. The number of carbonyl (C=O) groups is 1. The Hall–Kier alpha value is -0.580. The minimum Gasteiger partial charge on any atom is -0.351 e. The molecule has 0 unspecified atom stereocenters. The van der Waals surface area contributed by atoms with Crippen LogP contribution in [0.4, 0.5) is 0 Å². The molecule has 1 aliphatic rings. The third kappa shape index (κ3) is 2.75. The molecule has 0 aliphatic heterocycles. The van der Waals surface area contributed by atoms with Crippen LogP contribution in [0.2, 0.25) is 0 Å². The lowest BCUT2D eigenvalue weighted by atomic mass is 10.0. The molecule has 0 saturated heterocycles. The lowest BCUT2D eigenvalue weighted by Crippen LogP contribution is -2.29. The molecule has 0 spiro atoms. The van der Waals surface area contributed by atoms with Crippen molar-refractivity contribution in [3.05, 3.63) is 33.4 Å². The molecule has 0 radical (unpaired) electrons. The quantitative estimate of drug-likeness (QED) is 0.845. The molecule has 3 heteroatoms. The summed E-state index contributed by atoms with van der Waals surface area (Å²) in [5.41, 5.74) is 1.17. The van der Waals surface area contributed by atoms with Gasteiger partial charge in [0.15, 0.2) is 0 Å². The average Bonchev–Trinajstić information content (AvgIpc) is 3.08. The minimum absolute atomic E-state index is 0.0520. The molecule has 0 aromatic heterocycles. The van der Waals surface area contributed by atoms with Crippen molar-refractivity contribution in [2.24, 2.45) is 5.41 Å². The minimum atomic E-state index is 0.0520. The van der Waals surface area contributed by atoms with Gasteiger partial charge >= 0.3 is 0 Å². The second kappa shape index (κ2) is 4.73. The highest BCUT2D eigenvalue weighted by molar-refractivity contribution is 14.1. The summed E-state index contributed by atoms with van der Waals surface area (Å²) in [5, 5.41) is 3.03. The van der Waals surface area contributed by atoms with Crippen LogP contribution in [0.3, 0.4) is 0 Å². The van der Waals surface area contributed by atoms with E-state index in [0.717, 1.165) is 15.7 Å². The maximum absolute atomic E-state index is 11.8. The van der Waals surface area contributed by atoms with Crippen molar-refractivity contribution in [2.45, 2.75) is 26.2 Å². The van der Waals surface area contributed by atoms with Crippen LogP contribution in [-0.2, 0) is 0 Å². The first-order chi connectivity index (χ1) is 7.65. The summed E-state index contributed by atoms with van der Waals surface area (Å²) in [6.45, 7) is 3.03. The summed E-state index contributed by atoms with van der Waals surface area (Å²) in [6.07, 6.45) is 3.69. The van der Waals surface area contributed by atoms with E-state index in [-0.39, 0.29) is 5.91 Å². The third-order valence-corrected chi connectivity index (χ3v) is 4.16. The molecule has 0 atom stereocenters. The molecule has 86 valence electrons. The second-order valence-corrected chi connectivity index (χ2v) is 5.79. The van der Waals surface area contributed by atoms with Gasteiger partial charge in [-0.15, -0.1) is 0 Å². The number of carbonyl (C=O) groups excluding carboxylic acids is 1. The van der Waals surface area contributed by atoms with Gasteiger partial charge in [-0.3, -0.25) is 4.79 Å². The van der Waals surface area contributed by atoms with E-state index >= 15 is 0 Å². The van der Waals surface area contributed by atoms with E-state index in [0.29, 0.717) is 5.41 Å². The van der Waals surface area contributed by atoms with Crippen LogP contribution in [0.1, 0.15) is 36.5 Å². The lowest BCUT2D eigenvalue weighted by molar-refractivity contribution is 0.0944. The number of hydrogen-bond donors (Lipinski definition) is 1. The predicted octanol–water partition coefficient (Wildman–Crippen LogP) is 3.21. The first-order valence-electron chi connectivity index (χ1n) is 5.69. The molecule has 1 aromatic rings. The van der Waals surface area contributed by atoms with Crippen LogP contribution >= 0.6 is 22.6 Å². The SMILES string of the molecule is CCC1(CNC(=O)c2ccc(I)cc2)CC1. The highest BCUT2D eigenvalue weighted by Gasteiger charge is 2.40. The molecular weight excluding hydrogens is 313 g/mol. The summed E-state index contributed by atoms with van der Waals surface area (Å²) in [5.74, 6) is 0.0520. The van der Waals surface area contributed by atoms with Crippen LogP contribution in [0.15, 0.2) is 24.3 Å². The van der Waals surface area contributed by atoms with E-state index < -0.39 is 0 Å². The van der Waals surface area contributed by atoms with Crippen LogP contribution < -0.4 is 5.32 Å². The third-order valence-electron chi connectivity index (χ3n) is 3.44. The fourth-order valence-electron chi connectivity index (χ4n) is 1.80. The summed E-state index contributed by atoms with van der Waals surface area (Å²) >= 11 is 2.24. The van der Waals surface area contributed by atoms with Gasteiger partial charge in [0.2, 0.25) is 0 Å². The molecule has 0 heterocycles. The molecule has 2 rings (SSSR count). The molecular formula is C13H16INO. The van der Waals surface area contributed by atoms with Crippen molar-refractivity contribution < 1.29 is 4.79 Å². The van der Waals surface area contributed by atoms with Crippen molar-refractivity contribution in [1.29, 1.82) is 0 Å². The van der Waals surface area contributed by atoms with Crippen LogP contribution in [0.25, 0.3) is 0 Å². The smallest absolute Gasteiger partial charge is 0.251 e. The van der Waals surface area contributed by atoms with Crippen molar-refractivity contribution in [2.75, 3.05) is 6.54 Å². The topological polar surface area (TPSA) is 29.1 Å². The number of halogens is 1. The van der Waals surface area contributed by atoms with Gasteiger partial charge in [-0.25, -0.2) is 0 Å². The summed E-state index contributed by atoms with van der Waals surface area (Å²) in [7, 11) is 0. The fraction of sp³-hybridized carbons (Fsp3) is 0.462. The van der Waals surface area contributed by atoms with Gasteiger partial charge in [-0.2, -0.15) is 0 Å². The predicted molar refractivity (Wildman–Crippen MR) is 73.5 cm³/mol. The second-order valence-electron chi connectivity index (χ2n) is 4.54. The van der Waals surface area contributed by atoms with Crippen LogP contribution in [0, 0.1) is 8.99 Å². The number of nitrogens with one attached hydrogen (secondary N) is 1. The van der Waals surface area contributed by atoms with Crippen LogP contribution in [0.5, 0.6) is 0 Å². The Morgan fingerprint density at radius 1 is 1.38 bits per heavy atom. The Labute approximate surface area is 110 Å². The van der Waals surface area contributed by atoms with E-state index in [9.17, 15) is 4.79 Å². The average molecular weight is 329 g/mol. The maximum Gasteiger partial charge on any atom is 0.251 e. The van der Waals surface area contributed by atoms with Gasteiger partial charge in [0.05, 0.1) is 0 Å². The van der Waals surface area contributed by atoms with Crippen LogP contribution in [-0.4, -0.2) is 12.5 Å². The Morgan fingerprint density at radius 2 is 2.00 bits per heavy atom. The van der Waals surface area contributed by atoms with E-state index in [4.69, 9.17) is 0 Å². The van der Waals surface area contributed by atoms with Gasteiger partial charge in [0.25, 0.3) is 5.91 Å². The Balaban J connectivity index is 1.91. The fourth-order valence-corrected chi connectivity index (χ4v) is 2.16. The van der Waals surface area contributed by atoms with Crippen molar-refractivity contribution in [1.82, 2.24) is 5.32 Å². The monoisotopic (exact) mass is 329 g/mol. The molecule has 2 nitrogen and oxygen atoms in total. The van der Waals surface area contributed by atoms with E-state index in [1.165, 1.54) is 19.3 Å². The maximum atomic E-state index is 11.8. The first-order valence-corrected chi connectivity index (χ1v) is 6.77. The molecule has 1 amide bonds. The normalized spacial score (nSPS) is 16.9. The van der Waals surface area contributed by atoms with Gasteiger partial charge < -0.3 is 5.32 Å².